The second-order valence-electron chi connectivity index (χ2n) is 1.71. The summed E-state index contributed by atoms with van der Waals surface area (Å²) in [4.78, 5) is 0. The summed E-state index contributed by atoms with van der Waals surface area (Å²) in [5.41, 5.74) is 0. The quantitative estimate of drug-likeness (QED) is 0.464. The van der Waals surface area contributed by atoms with Crippen molar-refractivity contribution in [3.05, 3.63) is 0 Å². The molecular weight excluding hydrogens is 179 g/mol. The van der Waals surface area contributed by atoms with Crippen LogP contribution in [0.1, 0.15) is 26.2 Å². The summed E-state index contributed by atoms with van der Waals surface area (Å²) in [6, 6.07) is 0. The molecule has 0 atom stereocenters. The molecule has 0 fully saturated rings. The van der Waals surface area contributed by atoms with Crippen LogP contribution in [0.3, 0.4) is 0 Å². The number of hydrogen-bond acceptors (Lipinski definition) is 0. The maximum atomic E-state index is 2.27. The molecule has 0 rings (SSSR count). The van der Waals surface area contributed by atoms with Gasteiger partial charge in [0.15, 0.2) is 0 Å². The monoisotopic (exact) mass is 191 g/mol. The van der Waals surface area contributed by atoms with E-state index in [0.717, 1.165) is 0 Å². The van der Waals surface area contributed by atoms with Gasteiger partial charge in [-0.05, 0) is 0 Å². The van der Waals surface area contributed by atoms with Gasteiger partial charge in [0.25, 0.3) is 0 Å². The van der Waals surface area contributed by atoms with E-state index in [1.807, 2.05) is 0 Å². The molecule has 2 heteroatoms. The molecule has 0 saturated carbocycles. The minimum absolute atomic E-state index is 0.205. The zero-order chi connectivity index (χ0) is 5.54. The molecule has 0 aromatic heterocycles. The fraction of sp³-hybridized carbons (Fsp3) is 1.00. The average molecular weight is 192 g/mol. The van der Waals surface area contributed by atoms with Gasteiger partial charge in [0, 0.05) is 0 Å². The van der Waals surface area contributed by atoms with Crippen molar-refractivity contribution in [3.63, 3.8) is 0 Å². The molecule has 41 valence electrons. The Morgan fingerprint density at radius 2 is 2.14 bits per heavy atom. The summed E-state index contributed by atoms with van der Waals surface area (Å²) in [7, 11) is 0. The average Bonchev–Trinajstić information content (AvgIpc) is 1.69. The Bertz CT molecular complexity index is 45.3. The molecule has 0 aromatic carbocycles. The van der Waals surface area contributed by atoms with Crippen LogP contribution >= 0.6 is 0 Å². The molecule has 0 amide bonds. The van der Waals surface area contributed by atoms with E-state index in [1.165, 1.54) is 19.3 Å². The van der Waals surface area contributed by atoms with E-state index in [1.54, 1.807) is 4.13 Å². The Hall–Kier alpha value is 1.10. The molecule has 0 heterocycles. The van der Waals surface area contributed by atoms with Gasteiger partial charge >= 0.3 is 59.0 Å². The van der Waals surface area contributed by atoms with Crippen molar-refractivity contribution in [2.24, 2.45) is 0 Å². The topological polar surface area (TPSA) is 0 Å². The summed E-state index contributed by atoms with van der Waals surface area (Å²) in [6.07, 6.45) is 4.38. The first kappa shape index (κ1) is 8.10. The van der Waals surface area contributed by atoms with E-state index in [0.29, 0.717) is 0 Å². The van der Waals surface area contributed by atoms with Crippen LogP contribution in [-0.2, 0) is 21.9 Å². The van der Waals surface area contributed by atoms with Crippen molar-refractivity contribution in [3.8, 4) is 0 Å². The zero-order valence-corrected chi connectivity index (χ0v) is 8.91. The first-order chi connectivity index (χ1) is 3.41. The van der Waals surface area contributed by atoms with E-state index in [-0.39, 0.29) is 21.9 Å². The summed E-state index contributed by atoms with van der Waals surface area (Å²) in [5.74, 6) is 0. The van der Waals surface area contributed by atoms with Crippen LogP contribution in [0.5, 0.6) is 0 Å². The number of rotatable bonds is 4. The van der Waals surface area contributed by atoms with Gasteiger partial charge in [0.05, 0.1) is 0 Å². The maximum absolute atomic E-state index is 2.27. The zero-order valence-electron chi connectivity index (χ0n) is 5.04. The van der Waals surface area contributed by atoms with Gasteiger partial charge in [-0.3, -0.25) is 0 Å². The standard InChI is InChI=1S/C5H11.H2Si.Zr/c1-3-5-4-2;;/h1,3-5H2,2H3;1H2;. The predicted octanol–water partition coefficient (Wildman–Crippen LogP) is 1.23. The van der Waals surface area contributed by atoms with Crippen molar-refractivity contribution in [2.75, 3.05) is 0 Å². The van der Waals surface area contributed by atoms with E-state index >= 15 is 0 Å². The van der Waals surface area contributed by atoms with Crippen LogP contribution in [0.4, 0.5) is 0 Å². The van der Waals surface area contributed by atoms with Crippen molar-refractivity contribution >= 4 is 6.88 Å². The van der Waals surface area contributed by atoms with Gasteiger partial charge in [-0.2, -0.15) is 0 Å². The van der Waals surface area contributed by atoms with Crippen LogP contribution < -0.4 is 0 Å². The van der Waals surface area contributed by atoms with Gasteiger partial charge in [0.2, 0.25) is 0 Å². The first-order valence-electron chi connectivity index (χ1n) is 2.91. The van der Waals surface area contributed by atoms with Crippen molar-refractivity contribution in [1.29, 1.82) is 0 Å². The van der Waals surface area contributed by atoms with Crippen LogP contribution in [-0.4, -0.2) is 6.88 Å². The summed E-state index contributed by atoms with van der Waals surface area (Å²) in [6.45, 7) is 4.51. The van der Waals surface area contributed by atoms with Gasteiger partial charge < -0.3 is 0 Å². The van der Waals surface area contributed by atoms with Gasteiger partial charge in [0.1, 0.15) is 0 Å². The molecule has 0 radical (unpaired) electrons. The minimum atomic E-state index is 0.205. The molecule has 7 heavy (non-hydrogen) atoms. The van der Waals surface area contributed by atoms with Crippen molar-refractivity contribution < 1.29 is 21.9 Å². The second-order valence-corrected chi connectivity index (χ2v) is 7.12. The van der Waals surface area contributed by atoms with Crippen LogP contribution in [0, 0.1) is 0 Å². The molecule has 0 aliphatic heterocycles. The van der Waals surface area contributed by atoms with Crippen LogP contribution in [0.2, 0.25) is 4.13 Å². The van der Waals surface area contributed by atoms with Crippen molar-refractivity contribution in [2.45, 2.75) is 30.3 Å². The Balaban J connectivity index is 2.56. The first-order valence-corrected chi connectivity index (χ1v) is 10.6. The van der Waals surface area contributed by atoms with E-state index in [9.17, 15) is 0 Å². The second kappa shape index (κ2) is 7.10. The van der Waals surface area contributed by atoms with E-state index < -0.39 is 0 Å². The van der Waals surface area contributed by atoms with Crippen molar-refractivity contribution in [1.82, 2.24) is 0 Å². The Kier molecular flexibility index (Phi) is 8.22. The molecule has 0 aliphatic rings. The van der Waals surface area contributed by atoms with E-state index in [4.69, 9.17) is 0 Å². The molecule has 0 spiro atoms. The normalized spacial score (nSPS) is 8.14. The van der Waals surface area contributed by atoms with Gasteiger partial charge in [-0.1, -0.05) is 0 Å². The molecule has 0 bridgehead atoms. The molecule has 0 N–H and O–H groups in total. The summed E-state index contributed by atoms with van der Waals surface area (Å²) >= 11 is 0.205. The third-order valence-corrected chi connectivity index (χ3v) is 4.79. The van der Waals surface area contributed by atoms with Crippen LogP contribution in [0.25, 0.3) is 0 Å². The number of hydrogen-bond donors (Lipinski definition) is 0. The third-order valence-electron chi connectivity index (χ3n) is 0.957. The molecule has 0 aliphatic carbocycles. The SMILES string of the molecule is CCCC[CH2][Zr]=[SiH2]. The molecule has 0 nitrogen and oxygen atoms in total. The summed E-state index contributed by atoms with van der Waals surface area (Å²) < 4.78 is 1.61. The Labute approximate surface area is 59.0 Å². The summed E-state index contributed by atoms with van der Waals surface area (Å²) in [5, 5.41) is 0. The molecule has 0 aromatic rings. The molecular formula is C5H13SiZr. The van der Waals surface area contributed by atoms with Crippen LogP contribution in [0.15, 0.2) is 0 Å². The van der Waals surface area contributed by atoms with Gasteiger partial charge in [-0.25, -0.2) is 0 Å². The number of unbranched alkanes of at least 4 members (excludes halogenated alkanes) is 2. The third kappa shape index (κ3) is 7.10. The predicted molar refractivity (Wildman–Crippen MR) is 32.9 cm³/mol. The Morgan fingerprint density at radius 1 is 1.43 bits per heavy atom. The fourth-order valence-corrected chi connectivity index (χ4v) is 3.21. The molecule has 0 unspecified atom stereocenters. The Morgan fingerprint density at radius 3 is 2.57 bits per heavy atom. The molecule has 0 saturated heterocycles. The fourth-order valence-electron chi connectivity index (χ4n) is 0.500. The van der Waals surface area contributed by atoms with E-state index in [2.05, 4.69) is 13.8 Å². The van der Waals surface area contributed by atoms with Gasteiger partial charge in [-0.15, -0.1) is 0 Å².